The number of rotatable bonds is 7. The second kappa shape index (κ2) is 11.5. The Labute approximate surface area is 193 Å². The number of carbonyl (C=O) groups is 2. The van der Waals surface area contributed by atoms with Crippen LogP contribution in [0.5, 0.6) is 0 Å². The molecule has 0 unspecified atom stereocenters. The minimum absolute atomic E-state index is 0.0665. The zero-order valence-electron chi connectivity index (χ0n) is 17.6. The normalized spacial score (nSPS) is 10.9. The Bertz CT molecular complexity index is 1350. The Morgan fingerprint density at radius 3 is 2.38 bits per heavy atom. The number of pyridine rings is 2. The van der Waals surface area contributed by atoms with E-state index in [0.717, 1.165) is 3.97 Å². The first-order valence-electron chi connectivity index (χ1n) is 9.32. The van der Waals surface area contributed by atoms with Gasteiger partial charge < -0.3 is 15.5 Å². The molecule has 0 aliphatic carbocycles. The van der Waals surface area contributed by atoms with Crippen LogP contribution in [0.15, 0.2) is 66.1 Å². The van der Waals surface area contributed by atoms with Gasteiger partial charge in [-0.2, -0.15) is 5.26 Å². The molecule has 0 atom stereocenters. The van der Waals surface area contributed by atoms with Gasteiger partial charge in [-0.3, -0.25) is 4.98 Å². The average Bonchev–Trinajstić information content (AvgIpc) is 3.15. The summed E-state index contributed by atoms with van der Waals surface area (Å²) in [4.78, 5) is 26.7. The molecule has 0 saturated heterocycles. The largest absolute Gasteiger partial charge is 0.478 e. The molecule has 3 heterocycles. The van der Waals surface area contributed by atoms with Crippen LogP contribution in [0.3, 0.4) is 0 Å². The second-order valence-corrected chi connectivity index (χ2v) is 8.17. The fourth-order valence-electron chi connectivity index (χ4n) is 2.69. The second-order valence-electron chi connectivity index (χ2n) is 6.36. The van der Waals surface area contributed by atoms with Crippen molar-refractivity contribution in [2.45, 2.75) is 11.4 Å². The fourth-order valence-corrected chi connectivity index (χ4v) is 4.05. The lowest BCUT2D eigenvalue weighted by atomic mass is 10.1. The lowest BCUT2D eigenvalue weighted by Gasteiger charge is -2.11. The number of nitrogens with zero attached hydrogens (tertiary/aromatic N) is 4. The molecule has 0 aromatic carbocycles. The molecule has 3 N–H and O–H groups in total. The summed E-state index contributed by atoms with van der Waals surface area (Å²) in [6, 6.07) is 7.69. The van der Waals surface area contributed by atoms with Crippen molar-refractivity contribution in [1.82, 2.24) is 19.3 Å². The highest BCUT2D eigenvalue weighted by Crippen LogP contribution is 2.32. The summed E-state index contributed by atoms with van der Waals surface area (Å²) in [5.74, 6) is -3.24. The van der Waals surface area contributed by atoms with Crippen molar-refractivity contribution >= 4 is 22.0 Å². The van der Waals surface area contributed by atoms with Crippen LogP contribution in [0.2, 0.25) is 0 Å². The van der Waals surface area contributed by atoms with E-state index in [1.807, 2.05) is 6.07 Å². The van der Waals surface area contributed by atoms with Gasteiger partial charge in [-0.15, -0.1) is 0 Å². The quantitative estimate of drug-likeness (QED) is 0.415. The minimum atomic E-state index is -4.11. The number of nitrogens with one attached hydrogen (secondary N) is 1. The third-order valence-electron chi connectivity index (χ3n) is 4.08. The molecule has 0 bridgehead atoms. The molecule has 0 spiro atoms. The lowest BCUT2D eigenvalue weighted by Crippen LogP contribution is -2.14. The van der Waals surface area contributed by atoms with Crippen molar-refractivity contribution in [3.63, 3.8) is 0 Å². The lowest BCUT2D eigenvalue weighted by molar-refractivity contribution is -0.134. The van der Waals surface area contributed by atoms with Crippen molar-refractivity contribution in [3.05, 3.63) is 78.3 Å². The highest BCUT2D eigenvalue weighted by atomic mass is 32.2. The van der Waals surface area contributed by atoms with Gasteiger partial charge in [0.15, 0.2) is 5.82 Å². The van der Waals surface area contributed by atoms with E-state index in [4.69, 9.17) is 10.2 Å². The van der Waals surface area contributed by atoms with Gasteiger partial charge >= 0.3 is 11.9 Å². The van der Waals surface area contributed by atoms with E-state index < -0.39 is 27.8 Å². The first-order chi connectivity index (χ1) is 16.1. The van der Waals surface area contributed by atoms with Gasteiger partial charge in [0.2, 0.25) is 0 Å². The van der Waals surface area contributed by atoms with Crippen LogP contribution in [0.4, 0.5) is 4.39 Å². The van der Waals surface area contributed by atoms with Crippen molar-refractivity contribution < 1.29 is 32.6 Å². The molecule has 11 nitrogen and oxygen atoms in total. The molecule has 176 valence electrons. The molecule has 3 aromatic heterocycles. The predicted molar refractivity (Wildman–Crippen MR) is 116 cm³/mol. The van der Waals surface area contributed by atoms with Gasteiger partial charge in [0.05, 0.1) is 0 Å². The van der Waals surface area contributed by atoms with Gasteiger partial charge in [0.25, 0.3) is 10.0 Å². The molecule has 0 radical (unpaired) electrons. The monoisotopic (exact) mass is 487 g/mol. The summed E-state index contributed by atoms with van der Waals surface area (Å²) in [5.41, 5.74) is -0.0445. The van der Waals surface area contributed by atoms with Crippen LogP contribution < -0.4 is 5.32 Å². The van der Waals surface area contributed by atoms with Gasteiger partial charge in [0.1, 0.15) is 22.4 Å². The third kappa shape index (κ3) is 6.09. The average molecular weight is 487 g/mol. The Hall–Kier alpha value is -4.41. The minimum Gasteiger partial charge on any atom is -0.478 e. The Balaban J connectivity index is 0.000000440. The summed E-state index contributed by atoms with van der Waals surface area (Å²) in [6.07, 6.45) is 6.33. The van der Waals surface area contributed by atoms with Crippen LogP contribution in [-0.2, 0) is 26.2 Å². The summed E-state index contributed by atoms with van der Waals surface area (Å²) in [6.45, 7) is 0.122. The van der Waals surface area contributed by atoms with E-state index in [1.165, 1.54) is 49.1 Å². The topological polar surface area (TPSA) is 175 Å². The number of hydrogen-bond acceptors (Lipinski definition) is 8. The number of halogens is 1. The smallest absolute Gasteiger partial charge is 0.328 e. The highest BCUT2D eigenvalue weighted by molar-refractivity contribution is 7.90. The molecule has 0 saturated carbocycles. The first-order valence-corrected chi connectivity index (χ1v) is 10.8. The summed E-state index contributed by atoms with van der Waals surface area (Å²) < 4.78 is 41.9. The number of aliphatic carboxylic acids is 2. The van der Waals surface area contributed by atoms with Crippen LogP contribution in [0.25, 0.3) is 11.3 Å². The molecule has 0 aliphatic heterocycles. The van der Waals surface area contributed by atoms with E-state index in [0.29, 0.717) is 12.2 Å². The van der Waals surface area contributed by atoms with Crippen LogP contribution in [0.1, 0.15) is 11.3 Å². The number of nitriles is 1. The van der Waals surface area contributed by atoms with E-state index in [9.17, 15) is 23.3 Å². The molecule has 13 heteroatoms. The zero-order valence-corrected chi connectivity index (χ0v) is 18.4. The SMILES string of the molecule is CNCc1cn(S(=O)(=O)c2cccnc2)c(-c2cccnc2C#N)c1F.O=C(O)/C=C/C(=O)O. The Kier molecular flexibility index (Phi) is 8.71. The van der Waals surface area contributed by atoms with Crippen molar-refractivity contribution in [3.8, 4) is 17.3 Å². The summed E-state index contributed by atoms with van der Waals surface area (Å²) in [7, 11) is -2.49. The third-order valence-corrected chi connectivity index (χ3v) is 5.72. The molecule has 0 aliphatic rings. The number of carboxylic acid groups (broad SMARTS) is 2. The maximum Gasteiger partial charge on any atom is 0.328 e. The first kappa shape index (κ1) is 25.8. The summed E-state index contributed by atoms with van der Waals surface area (Å²) in [5, 5.41) is 27.7. The zero-order chi connectivity index (χ0) is 25.3. The van der Waals surface area contributed by atoms with Gasteiger partial charge in [-0.1, -0.05) is 0 Å². The predicted octanol–water partition coefficient (Wildman–Crippen LogP) is 1.62. The molecular formula is C21H18FN5O6S. The van der Waals surface area contributed by atoms with Gasteiger partial charge in [-0.05, 0) is 31.3 Å². The molecule has 0 amide bonds. The number of carboxylic acids is 2. The van der Waals surface area contributed by atoms with E-state index in [1.54, 1.807) is 7.05 Å². The van der Waals surface area contributed by atoms with E-state index in [-0.39, 0.29) is 34.0 Å². The maximum atomic E-state index is 15.1. The summed E-state index contributed by atoms with van der Waals surface area (Å²) >= 11 is 0. The number of aromatic nitrogens is 3. The Morgan fingerprint density at radius 1 is 1.21 bits per heavy atom. The molecule has 3 rings (SSSR count). The molecule has 34 heavy (non-hydrogen) atoms. The van der Waals surface area contributed by atoms with Crippen molar-refractivity contribution in [1.29, 1.82) is 5.26 Å². The standard InChI is InChI=1S/C17H14FN5O2S.C4H4O4/c1-20-9-12-11-23(26(24,25)13-4-2-6-21-10-13)17(16(12)18)14-5-3-7-22-15(14)8-19;5-3(6)1-2-4(7)8/h2-7,10-11,20H,9H2,1H3;1-2H,(H,5,6)(H,7,8)/b;2-1+. The van der Waals surface area contributed by atoms with E-state index >= 15 is 4.39 Å². The van der Waals surface area contributed by atoms with Crippen molar-refractivity contribution in [2.75, 3.05) is 7.05 Å². The van der Waals surface area contributed by atoms with Crippen LogP contribution >= 0.6 is 0 Å². The molecular weight excluding hydrogens is 469 g/mol. The van der Waals surface area contributed by atoms with Crippen molar-refractivity contribution in [2.24, 2.45) is 0 Å². The molecule has 0 fully saturated rings. The highest BCUT2D eigenvalue weighted by Gasteiger charge is 2.28. The molecule has 3 aromatic rings. The van der Waals surface area contributed by atoms with Gasteiger partial charge in [-0.25, -0.2) is 31.4 Å². The maximum absolute atomic E-state index is 15.1. The number of hydrogen-bond donors (Lipinski definition) is 3. The van der Waals surface area contributed by atoms with Crippen LogP contribution in [-0.4, -0.2) is 51.6 Å². The Morgan fingerprint density at radius 2 is 1.85 bits per heavy atom. The van der Waals surface area contributed by atoms with E-state index in [2.05, 4.69) is 15.3 Å². The van der Waals surface area contributed by atoms with Crippen LogP contribution in [0, 0.1) is 17.1 Å². The van der Waals surface area contributed by atoms with Gasteiger partial charge in [0, 0.05) is 54.6 Å². The fraction of sp³-hybridized carbons (Fsp3) is 0.0952.